The van der Waals surface area contributed by atoms with Crippen LogP contribution in [0.15, 0.2) is 42.5 Å². The summed E-state index contributed by atoms with van der Waals surface area (Å²) in [6.07, 6.45) is 1.43. The van der Waals surface area contributed by atoms with Gasteiger partial charge in [0.2, 0.25) is 0 Å². The van der Waals surface area contributed by atoms with Gasteiger partial charge in [0.05, 0.1) is 17.0 Å². The SMILES string of the molecule is Cc1c(C2(C#N)CCNCC2)ccc(N)c1C(=O)OCc1ccccc1. The standard InChI is InChI=1S/C21H23N3O2/c1-15-17(21(14-22)9-11-24-12-10-21)7-8-18(23)19(15)20(25)26-13-16-5-3-2-4-6-16/h2-8,24H,9-13,23H2,1H3. The molecule has 0 bridgehead atoms. The lowest BCUT2D eigenvalue weighted by Crippen LogP contribution is -2.39. The minimum atomic E-state index is -0.586. The van der Waals surface area contributed by atoms with E-state index in [0.717, 1.165) is 29.8 Å². The summed E-state index contributed by atoms with van der Waals surface area (Å²) in [4.78, 5) is 12.7. The lowest BCUT2D eigenvalue weighted by molar-refractivity contribution is 0.0473. The number of benzene rings is 2. The van der Waals surface area contributed by atoms with Crippen molar-refractivity contribution in [3.05, 3.63) is 64.7 Å². The quantitative estimate of drug-likeness (QED) is 0.654. The van der Waals surface area contributed by atoms with Gasteiger partial charge in [-0.2, -0.15) is 5.26 Å². The first-order chi connectivity index (χ1) is 12.6. The van der Waals surface area contributed by atoms with Gasteiger partial charge in [-0.1, -0.05) is 36.4 Å². The molecule has 1 aliphatic heterocycles. The molecule has 1 saturated heterocycles. The van der Waals surface area contributed by atoms with Gasteiger partial charge in [0.15, 0.2) is 0 Å². The van der Waals surface area contributed by atoms with Crippen LogP contribution < -0.4 is 11.1 Å². The largest absolute Gasteiger partial charge is 0.457 e. The summed E-state index contributed by atoms with van der Waals surface area (Å²) in [5, 5.41) is 13.1. The highest BCUT2D eigenvalue weighted by Gasteiger charge is 2.36. The minimum absolute atomic E-state index is 0.191. The Balaban J connectivity index is 1.90. The van der Waals surface area contributed by atoms with E-state index in [9.17, 15) is 10.1 Å². The third-order valence-electron chi connectivity index (χ3n) is 5.10. The molecule has 0 radical (unpaired) electrons. The second-order valence-corrected chi connectivity index (χ2v) is 6.71. The van der Waals surface area contributed by atoms with Crippen LogP contribution in [0.5, 0.6) is 0 Å². The maximum atomic E-state index is 12.7. The van der Waals surface area contributed by atoms with Crippen molar-refractivity contribution >= 4 is 11.7 Å². The number of nitrogens with two attached hydrogens (primary N) is 1. The van der Waals surface area contributed by atoms with E-state index in [4.69, 9.17) is 10.5 Å². The number of carbonyl (C=O) groups is 1. The first-order valence-corrected chi connectivity index (χ1v) is 8.80. The van der Waals surface area contributed by atoms with Gasteiger partial charge in [-0.25, -0.2) is 4.79 Å². The Kier molecular flexibility index (Phi) is 5.24. The number of esters is 1. The van der Waals surface area contributed by atoms with Crippen molar-refractivity contribution in [2.75, 3.05) is 18.8 Å². The molecule has 0 atom stereocenters. The highest BCUT2D eigenvalue weighted by molar-refractivity contribution is 5.97. The van der Waals surface area contributed by atoms with E-state index in [1.165, 1.54) is 0 Å². The highest BCUT2D eigenvalue weighted by atomic mass is 16.5. The monoisotopic (exact) mass is 349 g/mol. The van der Waals surface area contributed by atoms with Crippen molar-refractivity contribution in [2.45, 2.75) is 31.8 Å². The summed E-state index contributed by atoms with van der Waals surface area (Å²) >= 11 is 0. The van der Waals surface area contributed by atoms with E-state index in [2.05, 4.69) is 11.4 Å². The third-order valence-corrected chi connectivity index (χ3v) is 5.10. The zero-order valence-corrected chi connectivity index (χ0v) is 14.9. The average Bonchev–Trinajstić information content (AvgIpc) is 2.68. The van der Waals surface area contributed by atoms with E-state index in [-0.39, 0.29) is 6.61 Å². The molecule has 1 heterocycles. The number of piperidine rings is 1. The highest BCUT2D eigenvalue weighted by Crippen LogP contribution is 2.37. The molecule has 26 heavy (non-hydrogen) atoms. The number of nitrogens with zero attached hydrogens (tertiary/aromatic N) is 1. The number of rotatable bonds is 4. The fourth-order valence-electron chi connectivity index (χ4n) is 3.61. The van der Waals surface area contributed by atoms with Crippen LogP contribution >= 0.6 is 0 Å². The van der Waals surface area contributed by atoms with E-state index >= 15 is 0 Å². The number of nitriles is 1. The lowest BCUT2D eigenvalue weighted by atomic mass is 9.72. The molecule has 0 saturated carbocycles. The van der Waals surface area contributed by atoms with E-state index in [0.29, 0.717) is 24.1 Å². The third kappa shape index (κ3) is 3.42. The van der Waals surface area contributed by atoms with Crippen LogP contribution in [0.1, 0.15) is 39.9 Å². The van der Waals surface area contributed by atoms with Gasteiger partial charge in [-0.3, -0.25) is 0 Å². The fourth-order valence-corrected chi connectivity index (χ4v) is 3.61. The Morgan fingerprint density at radius 2 is 1.92 bits per heavy atom. The second kappa shape index (κ2) is 7.59. The normalized spacial score (nSPS) is 15.8. The number of anilines is 1. The summed E-state index contributed by atoms with van der Waals surface area (Å²) < 4.78 is 5.47. The minimum Gasteiger partial charge on any atom is -0.457 e. The molecule has 2 aromatic carbocycles. The van der Waals surface area contributed by atoms with Crippen molar-refractivity contribution in [1.29, 1.82) is 5.26 Å². The Morgan fingerprint density at radius 1 is 1.23 bits per heavy atom. The lowest BCUT2D eigenvalue weighted by Gasteiger charge is -2.33. The van der Waals surface area contributed by atoms with Gasteiger partial charge in [0.25, 0.3) is 0 Å². The molecule has 3 N–H and O–H groups in total. The number of ether oxygens (including phenoxy) is 1. The average molecular weight is 349 g/mol. The van der Waals surface area contributed by atoms with E-state index in [1.807, 2.05) is 43.3 Å². The Labute approximate surface area is 153 Å². The molecule has 5 nitrogen and oxygen atoms in total. The number of hydrogen-bond donors (Lipinski definition) is 2. The van der Waals surface area contributed by atoms with E-state index in [1.54, 1.807) is 6.07 Å². The molecule has 0 spiro atoms. The maximum absolute atomic E-state index is 12.7. The van der Waals surface area contributed by atoms with Gasteiger partial charge in [0.1, 0.15) is 6.61 Å². The second-order valence-electron chi connectivity index (χ2n) is 6.71. The summed E-state index contributed by atoms with van der Waals surface area (Å²) in [7, 11) is 0. The first kappa shape index (κ1) is 18.0. The number of nitrogen functional groups attached to an aromatic ring is 1. The van der Waals surface area contributed by atoms with Gasteiger partial charge < -0.3 is 15.8 Å². The molecule has 134 valence electrons. The Morgan fingerprint density at radius 3 is 2.58 bits per heavy atom. The smallest absolute Gasteiger partial charge is 0.340 e. The predicted octanol–water partition coefficient (Wildman–Crippen LogP) is 3.08. The summed E-state index contributed by atoms with van der Waals surface area (Å²) in [5.41, 5.74) is 8.78. The van der Waals surface area contributed by atoms with Gasteiger partial charge in [-0.05, 0) is 55.6 Å². The molecular formula is C21H23N3O2. The van der Waals surface area contributed by atoms with Crippen LogP contribution in [0.4, 0.5) is 5.69 Å². The zero-order chi connectivity index (χ0) is 18.6. The molecule has 2 aromatic rings. The van der Waals surface area contributed by atoms with Crippen molar-refractivity contribution in [1.82, 2.24) is 5.32 Å². The number of hydrogen-bond acceptors (Lipinski definition) is 5. The molecule has 0 aromatic heterocycles. The van der Waals surface area contributed by atoms with Crippen LogP contribution in [0.3, 0.4) is 0 Å². The first-order valence-electron chi connectivity index (χ1n) is 8.80. The van der Waals surface area contributed by atoms with Crippen molar-refractivity contribution in [3.63, 3.8) is 0 Å². The van der Waals surface area contributed by atoms with Gasteiger partial charge >= 0.3 is 5.97 Å². The fraction of sp³-hybridized carbons (Fsp3) is 0.333. The molecule has 0 unspecified atom stereocenters. The van der Waals surface area contributed by atoms with Crippen molar-refractivity contribution in [2.24, 2.45) is 0 Å². The van der Waals surface area contributed by atoms with Crippen molar-refractivity contribution < 1.29 is 9.53 Å². The van der Waals surface area contributed by atoms with Crippen molar-refractivity contribution in [3.8, 4) is 6.07 Å². The molecule has 1 fully saturated rings. The maximum Gasteiger partial charge on any atom is 0.340 e. The van der Waals surface area contributed by atoms with Crippen LogP contribution in [0.2, 0.25) is 0 Å². The van der Waals surface area contributed by atoms with Crippen LogP contribution in [0.25, 0.3) is 0 Å². The predicted molar refractivity (Wildman–Crippen MR) is 101 cm³/mol. The van der Waals surface area contributed by atoms with E-state index < -0.39 is 11.4 Å². The molecule has 5 heteroatoms. The number of carbonyl (C=O) groups excluding carboxylic acids is 1. The molecule has 0 amide bonds. The van der Waals surface area contributed by atoms with Crippen LogP contribution in [-0.4, -0.2) is 19.1 Å². The molecular weight excluding hydrogens is 326 g/mol. The summed E-state index contributed by atoms with van der Waals surface area (Å²) in [5.74, 6) is -0.451. The Hall–Kier alpha value is -2.84. The van der Waals surface area contributed by atoms with Crippen LogP contribution in [0, 0.1) is 18.3 Å². The Bertz CT molecular complexity index is 834. The molecule has 1 aliphatic rings. The molecule has 3 rings (SSSR count). The van der Waals surface area contributed by atoms with Crippen LogP contribution in [-0.2, 0) is 16.8 Å². The molecule has 0 aliphatic carbocycles. The topological polar surface area (TPSA) is 88.1 Å². The van der Waals surface area contributed by atoms with Gasteiger partial charge in [-0.15, -0.1) is 0 Å². The van der Waals surface area contributed by atoms with Gasteiger partial charge in [0, 0.05) is 5.69 Å². The summed E-state index contributed by atoms with van der Waals surface area (Å²) in [6, 6.07) is 15.6. The number of nitrogens with one attached hydrogen (secondary N) is 1. The zero-order valence-electron chi connectivity index (χ0n) is 14.9. The summed E-state index contributed by atoms with van der Waals surface area (Å²) in [6.45, 7) is 3.61.